The van der Waals surface area contributed by atoms with Gasteiger partial charge in [0.15, 0.2) is 0 Å². The molecule has 23 heavy (non-hydrogen) atoms. The van der Waals surface area contributed by atoms with Gasteiger partial charge in [-0.15, -0.1) is 10.2 Å². The Morgan fingerprint density at radius 3 is 2.65 bits per heavy atom. The molecule has 0 amide bonds. The zero-order valence-corrected chi connectivity index (χ0v) is 13.8. The molecule has 0 saturated carbocycles. The predicted octanol–water partition coefficient (Wildman–Crippen LogP) is 1.75. The number of amidine groups is 1. The Labute approximate surface area is 135 Å². The van der Waals surface area contributed by atoms with E-state index in [2.05, 4.69) is 27.4 Å². The summed E-state index contributed by atoms with van der Waals surface area (Å²) in [5.41, 5.74) is 1.05. The van der Waals surface area contributed by atoms with E-state index in [1.54, 1.807) is 7.05 Å². The number of benzene rings is 1. The van der Waals surface area contributed by atoms with Gasteiger partial charge in [0.1, 0.15) is 11.9 Å². The number of aryl methyl sites for hydroxylation is 2. The van der Waals surface area contributed by atoms with Crippen LogP contribution in [-0.2, 0) is 7.05 Å². The summed E-state index contributed by atoms with van der Waals surface area (Å²) in [4.78, 5) is 3.32. The summed E-state index contributed by atoms with van der Waals surface area (Å²) in [6, 6.07) is 8.31. The quantitative estimate of drug-likeness (QED) is 0.856. The first-order valence-electron chi connectivity index (χ1n) is 7.68. The zero-order valence-electron chi connectivity index (χ0n) is 13.8. The molecule has 1 atom stereocenters. The van der Waals surface area contributed by atoms with Gasteiger partial charge in [-0.3, -0.25) is 5.01 Å². The number of nitrogens with zero attached hydrogens (tertiary/aromatic N) is 7. The first-order chi connectivity index (χ1) is 11.1. The van der Waals surface area contributed by atoms with Gasteiger partial charge in [-0.1, -0.05) is 36.6 Å². The van der Waals surface area contributed by atoms with E-state index in [1.165, 1.54) is 4.80 Å². The first-order valence-corrected chi connectivity index (χ1v) is 7.68. The number of hydrazone groups is 1. The fraction of sp³-hybridized carbons (Fsp3) is 0.467. The van der Waals surface area contributed by atoms with Crippen molar-refractivity contribution in [1.29, 1.82) is 0 Å². The highest BCUT2D eigenvalue weighted by Gasteiger charge is 2.37. The third-order valence-corrected chi connectivity index (χ3v) is 3.73. The molecule has 1 aliphatic rings. The van der Waals surface area contributed by atoms with E-state index >= 15 is 0 Å². The molecular weight excluding hydrogens is 294 g/mol. The van der Waals surface area contributed by atoms with Crippen molar-refractivity contribution >= 4 is 12.0 Å². The maximum atomic E-state index is 6.05. The van der Waals surface area contributed by atoms with E-state index in [-0.39, 0.29) is 6.17 Å². The molecule has 0 fully saturated rings. The van der Waals surface area contributed by atoms with Crippen molar-refractivity contribution in [2.24, 2.45) is 12.1 Å². The number of hydrogen-bond acceptors (Lipinski definition) is 7. The molecule has 1 aromatic carbocycles. The van der Waals surface area contributed by atoms with Crippen LogP contribution >= 0.6 is 0 Å². The molecule has 1 aromatic heterocycles. The minimum absolute atomic E-state index is 0.0169. The number of tetrazole rings is 1. The van der Waals surface area contributed by atoms with Gasteiger partial charge in [0, 0.05) is 7.05 Å². The van der Waals surface area contributed by atoms with E-state index in [0.717, 1.165) is 24.2 Å². The van der Waals surface area contributed by atoms with Crippen molar-refractivity contribution in [3.8, 4) is 5.75 Å². The summed E-state index contributed by atoms with van der Waals surface area (Å²) in [5.74, 6) is 1.26. The average molecular weight is 315 g/mol. The fourth-order valence-electron chi connectivity index (χ4n) is 2.55. The van der Waals surface area contributed by atoms with Crippen LogP contribution in [-0.4, -0.2) is 44.5 Å². The molecule has 8 heteroatoms. The molecule has 0 spiro atoms. The summed E-state index contributed by atoms with van der Waals surface area (Å²) >= 11 is 0. The maximum absolute atomic E-state index is 6.05. The summed E-state index contributed by atoms with van der Waals surface area (Å²) in [6.45, 7) is 4.14. The molecule has 0 saturated heterocycles. The van der Waals surface area contributed by atoms with Crippen molar-refractivity contribution in [1.82, 2.24) is 25.2 Å². The van der Waals surface area contributed by atoms with Crippen LogP contribution < -0.4 is 9.64 Å². The fourth-order valence-corrected chi connectivity index (χ4v) is 2.55. The molecule has 2 aromatic rings. The average Bonchev–Trinajstić information content (AvgIpc) is 3.06. The Bertz CT molecular complexity index is 711. The van der Waals surface area contributed by atoms with Crippen LogP contribution in [0.15, 0.2) is 29.4 Å². The number of rotatable bonds is 4. The van der Waals surface area contributed by atoms with Gasteiger partial charge in [-0.05, 0) is 30.2 Å². The first kappa shape index (κ1) is 15.3. The normalized spacial score (nSPS) is 17.6. The lowest BCUT2D eigenvalue weighted by Crippen LogP contribution is -2.43. The summed E-state index contributed by atoms with van der Waals surface area (Å²) < 4.78 is 6.05. The minimum Gasteiger partial charge on any atom is -0.424 e. The van der Waals surface area contributed by atoms with Crippen molar-refractivity contribution in [3.05, 3.63) is 29.8 Å². The van der Waals surface area contributed by atoms with E-state index in [9.17, 15) is 0 Å². The molecule has 8 nitrogen and oxygen atoms in total. The van der Waals surface area contributed by atoms with Gasteiger partial charge in [-0.2, -0.15) is 4.80 Å². The standard InChI is InChI=1S/C15H21N7O/c1-5-8-13-20(3)18-15(22(13)14-16-19-21(4)17-14)23-12-10-7-6-9-11(12)2/h6-7,9-10,13H,5,8H2,1-4H3. The van der Waals surface area contributed by atoms with Crippen LogP contribution in [0.25, 0.3) is 0 Å². The second-order valence-electron chi connectivity index (χ2n) is 5.54. The van der Waals surface area contributed by atoms with Crippen LogP contribution in [0.3, 0.4) is 0 Å². The Morgan fingerprint density at radius 1 is 1.22 bits per heavy atom. The molecule has 122 valence electrons. The minimum atomic E-state index is 0.0169. The van der Waals surface area contributed by atoms with Crippen molar-refractivity contribution < 1.29 is 4.74 Å². The summed E-state index contributed by atoms with van der Waals surface area (Å²) in [7, 11) is 3.67. The molecule has 1 unspecified atom stereocenters. The summed E-state index contributed by atoms with van der Waals surface area (Å²) in [5, 5.41) is 18.8. The van der Waals surface area contributed by atoms with E-state index in [4.69, 9.17) is 4.74 Å². The lowest BCUT2D eigenvalue weighted by Gasteiger charge is -2.26. The van der Waals surface area contributed by atoms with E-state index in [1.807, 2.05) is 48.1 Å². The smallest absolute Gasteiger partial charge is 0.323 e. The highest BCUT2D eigenvalue weighted by atomic mass is 16.5. The molecule has 0 radical (unpaired) electrons. The van der Waals surface area contributed by atoms with Crippen LogP contribution in [0, 0.1) is 6.92 Å². The number of ether oxygens (including phenoxy) is 1. The summed E-state index contributed by atoms with van der Waals surface area (Å²) in [6.07, 6.45) is 1.95. The van der Waals surface area contributed by atoms with Crippen molar-refractivity contribution in [2.75, 3.05) is 11.9 Å². The van der Waals surface area contributed by atoms with Gasteiger partial charge >= 0.3 is 6.02 Å². The Hall–Kier alpha value is -2.64. The van der Waals surface area contributed by atoms with Crippen LogP contribution in [0.5, 0.6) is 5.75 Å². The number of anilines is 1. The lowest BCUT2D eigenvalue weighted by atomic mass is 10.2. The number of hydrogen-bond donors (Lipinski definition) is 0. The predicted molar refractivity (Wildman–Crippen MR) is 87.0 cm³/mol. The third-order valence-electron chi connectivity index (χ3n) is 3.73. The zero-order chi connectivity index (χ0) is 16.4. The van der Waals surface area contributed by atoms with Gasteiger partial charge in [0.25, 0.3) is 5.95 Å². The highest BCUT2D eigenvalue weighted by Crippen LogP contribution is 2.26. The van der Waals surface area contributed by atoms with Gasteiger partial charge < -0.3 is 4.74 Å². The second-order valence-corrected chi connectivity index (χ2v) is 5.54. The second kappa shape index (κ2) is 6.23. The van der Waals surface area contributed by atoms with E-state index in [0.29, 0.717) is 12.0 Å². The molecule has 2 heterocycles. The Balaban J connectivity index is 1.93. The van der Waals surface area contributed by atoms with Crippen molar-refractivity contribution in [2.45, 2.75) is 32.9 Å². The van der Waals surface area contributed by atoms with Crippen molar-refractivity contribution in [3.63, 3.8) is 0 Å². The molecular formula is C15H21N7O. The molecule has 0 bridgehead atoms. The highest BCUT2D eigenvalue weighted by molar-refractivity contribution is 5.93. The molecule has 0 aliphatic carbocycles. The SMILES string of the molecule is CCCC1N(C)N=C(Oc2ccccc2C)N1c1nnn(C)n1. The molecule has 0 N–H and O–H groups in total. The molecule has 3 rings (SSSR count). The van der Waals surface area contributed by atoms with Gasteiger partial charge in [-0.25, -0.2) is 4.90 Å². The lowest BCUT2D eigenvalue weighted by molar-refractivity contribution is 0.269. The topological polar surface area (TPSA) is 71.7 Å². The third kappa shape index (κ3) is 2.96. The van der Waals surface area contributed by atoms with Crippen LogP contribution in [0.2, 0.25) is 0 Å². The molecule has 1 aliphatic heterocycles. The number of para-hydroxylation sites is 1. The van der Waals surface area contributed by atoms with E-state index < -0.39 is 0 Å². The van der Waals surface area contributed by atoms with Gasteiger partial charge in [0.2, 0.25) is 0 Å². The largest absolute Gasteiger partial charge is 0.424 e. The Morgan fingerprint density at radius 2 is 2.00 bits per heavy atom. The number of aromatic nitrogens is 4. The van der Waals surface area contributed by atoms with Crippen LogP contribution in [0.1, 0.15) is 25.3 Å². The monoisotopic (exact) mass is 315 g/mol. The Kier molecular flexibility index (Phi) is 4.14. The van der Waals surface area contributed by atoms with Gasteiger partial charge in [0.05, 0.1) is 7.05 Å². The van der Waals surface area contributed by atoms with Crippen LogP contribution in [0.4, 0.5) is 5.95 Å². The maximum Gasteiger partial charge on any atom is 0.323 e.